The summed E-state index contributed by atoms with van der Waals surface area (Å²) in [6.07, 6.45) is 15.3. The SMILES string of the molecule is CCCCCCCCCCCCS(=S)CCOP(=O)(O)CO[C@H](C)Cn1cnc2c(N)ncnc21. The number of unbranched alkanes of at least 4 members (excludes halogenated alkanes) is 9. The lowest BCUT2D eigenvalue weighted by molar-refractivity contribution is 0.0724. The van der Waals surface area contributed by atoms with Gasteiger partial charge in [-0.2, -0.15) is 0 Å². The number of hydrogen-bond donors (Lipinski definition) is 2. The Morgan fingerprint density at radius 1 is 1.09 bits per heavy atom. The number of nitrogens with two attached hydrogens (primary N) is 1. The predicted molar refractivity (Wildman–Crippen MR) is 147 cm³/mol. The maximum atomic E-state index is 12.3. The van der Waals surface area contributed by atoms with Gasteiger partial charge in [-0.15, -0.1) is 9.45 Å². The second kappa shape index (κ2) is 16.7. The van der Waals surface area contributed by atoms with Crippen molar-refractivity contribution < 1.29 is 18.7 Å². The van der Waals surface area contributed by atoms with E-state index in [0.717, 1.165) is 12.2 Å². The van der Waals surface area contributed by atoms with Crippen LogP contribution in [0.2, 0.25) is 0 Å². The van der Waals surface area contributed by atoms with Gasteiger partial charge in [-0.3, -0.25) is 4.57 Å². The molecule has 0 radical (unpaired) electrons. The molecule has 35 heavy (non-hydrogen) atoms. The average molecular weight is 548 g/mol. The van der Waals surface area contributed by atoms with Crippen molar-refractivity contribution in [1.29, 1.82) is 0 Å². The largest absolute Gasteiger partial charge is 0.382 e. The van der Waals surface area contributed by atoms with E-state index >= 15 is 0 Å². The van der Waals surface area contributed by atoms with E-state index in [1.807, 2.05) is 6.92 Å². The van der Waals surface area contributed by atoms with Crippen LogP contribution in [0.5, 0.6) is 0 Å². The molecule has 3 atom stereocenters. The van der Waals surface area contributed by atoms with Crippen molar-refractivity contribution in [3.05, 3.63) is 12.7 Å². The van der Waals surface area contributed by atoms with E-state index in [1.54, 1.807) is 10.9 Å². The van der Waals surface area contributed by atoms with Crippen molar-refractivity contribution in [2.75, 3.05) is 30.2 Å². The third kappa shape index (κ3) is 12.2. The second-order valence-corrected chi connectivity index (χ2v) is 13.8. The van der Waals surface area contributed by atoms with E-state index in [1.165, 1.54) is 64.1 Å². The van der Waals surface area contributed by atoms with E-state index in [0.29, 0.717) is 29.3 Å². The van der Waals surface area contributed by atoms with Gasteiger partial charge in [-0.25, -0.2) is 15.0 Å². The Balaban J connectivity index is 1.53. The fourth-order valence-corrected chi connectivity index (χ4v) is 6.32. The molecular weight excluding hydrogens is 505 g/mol. The highest BCUT2D eigenvalue weighted by atomic mass is 32.8. The Hall–Kier alpha value is -0.970. The maximum Gasteiger partial charge on any atom is 0.353 e. The standard InChI is InChI=1S/C23H42N5O4PS2/c1-3-4-5-6-7-8-9-10-11-12-14-35(34)15-13-32-33(29,30)19-31-20(2)16-28-18-27-21-22(24)25-17-26-23(21)28/h17-18,20H,3-16,19H2,1-2H3,(H,29,30)(H2,24,25,26)/t20-,35?/m1/s1. The molecule has 2 heterocycles. The van der Waals surface area contributed by atoms with Crippen LogP contribution in [0.1, 0.15) is 78.1 Å². The van der Waals surface area contributed by atoms with Gasteiger partial charge < -0.3 is 24.5 Å². The van der Waals surface area contributed by atoms with Crippen molar-refractivity contribution in [2.45, 2.75) is 90.7 Å². The fourth-order valence-electron chi connectivity index (χ4n) is 3.75. The quantitative estimate of drug-likeness (QED) is 0.174. The summed E-state index contributed by atoms with van der Waals surface area (Å²) < 4.78 is 24.9. The highest BCUT2D eigenvalue weighted by Gasteiger charge is 2.22. The van der Waals surface area contributed by atoms with E-state index < -0.39 is 7.60 Å². The third-order valence-electron chi connectivity index (χ3n) is 5.74. The summed E-state index contributed by atoms with van der Waals surface area (Å²) >= 11 is 5.52. The van der Waals surface area contributed by atoms with Crippen LogP contribution >= 0.6 is 7.60 Å². The molecule has 9 nitrogen and oxygen atoms in total. The molecule has 0 aliphatic heterocycles. The molecule has 0 amide bonds. The molecule has 2 unspecified atom stereocenters. The average Bonchev–Trinajstić information content (AvgIpc) is 3.23. The molecule has 0 saturated heterocycles. The minimum absolute atomic E-state index is 0.179. The van der Waals surface area contributed by atoms with E-state index in [-0.39, 0.29) is 28.5 Å². The molecule has 0 aliphatic rings. The molecule has 2 aromatic heterocycles. The van der Waals surface area contributed by atoms with Crippen molar-refractivity contribution >= 4 is 45.2 Å². The van der Waals surface area contributed by atoms with E-state index in [2.05, 4.69) is 21.9 Å². The number of fused-ring (bicyclic) bond motifs is 1. The molecule has 0 aromatic carbocycles. The molecule has 2 aromatic rings. The van der Waals surface area contributed by atoms with Crippen LogP contribution in [0.4, 0.5) is 5.82 Å². The van der Waals surface area contributed by atoms with Gasteiger partial charge in [0, 0.05) is 5.75 Å². The molecule has 0 spiro atoms. The Bertz CT molecular complexity index is 946. The number of hydrogen-bond acceptors (Lipinski definition) is 8. The lowest BCUT2D eigenvalue weighted by Gasteiger charge is -2.17. The highest BCUT2D eigenvalue weighted by molar-refractivity contribution is 8.28. The van der Waals surface area contributed by atoms with Crippen LogP contribution in [0.3, 0.4) is 0 Å². The van der Waals surface area contributed by atoms with Gasteiger partial charge in [-0.05, 0) is 19.1 Å². The first-order valence-corrected chi connectivity index (χ1v) is 16.9. The Kier molecular flexibility index (Phi) is 14.4. The summed E-state index contributed by atoms with van der Waals surface area (Å²) in [5, 5.41) is 0. The molecular formula is C23H42N5O4PS2. The molecule has 12 heteroatoms. The van der Waals surface area contributed by atoms with Crippen molar-refractivity contribution in [3.8, 4) is 0 Å². The summed E-state index contributed by atoms with van der Waals surface area (Å²) in [6, 6.07) is 0. The van der Waals surface area contributed by atoms with E-state index in [4.69, 9.17) is 26.2 Å². The topological polar surface area (TPSA) is 125 Å². The maximum absolute atomic E-state index is 12.3. The summed E-state index contributed by atoms with van der Waals surface area (Å²) in [5.41, 5.74) is 6.92. The number of nitrogens with zero attached hydrogens (tertiary/aromatic N) is 4. The predicted octanol–water partition coefficient (Wildman–Crippen LogP) is 4.97. The zero-order chi connectivity index (χ0) is 25.5. The number of rotatable bonds is 20. The van der Waals surface area contributed by atoms with Gasteiger partial charge in [-0.1, -0.05) is 75.9 Å². The first-order valence-electron chi connectivity index (χ1n) is 12.7. The van der Waals surface area contributed by atoms with Crippen LogP contribution in [0, 0.1) is 0 Å². The molecule has 0 saturated carbocycles. The molecule has 200 valence electrons. The Morgan fingerprint density at radius 2 is 1.74 bits per heavy atom. The van der Waals surface area contributed by atoms with Gasteiger partial charge in [0.1, 0.15) is 18.2 Å². The van der Waals surface area contributed by atoms with Gasteiger partial charge in [0.25, 0.3) is 0 Å². The lowest BCUT2D eigenvalue weighted by Crippen LogP contribution is -2.18. The monoisotopic (exact) mass is 547 g/mol. The van der Waals surface area contributed by atoms with Gasteiger partial charge in [0.15, 0.2) is 11.5 Å². The summed E-state index contributed by atoms with van der Waals surface area (Å²) in [5.74, 6) is 1.91. The first-order chi connectivity index (χ1) is 16.8. The first kappa shape index (κ1) is 30.3. The van der Waals surface area contributed by atoms with Gasteiger partial charge in [0.05, 0.1) is 25.6 Å². The number of imidazole rings is 1. The van der Waals surface area contributed by atoms with Crippen molar-refractivity contribution in [2.24, 2.45) is 0 Å². The Morgan fingerprint density at radius 3 is 2.43 bits per heavy atom. The summed E-state index contributed by atoms with van der Waals surface area (Å²) in [6.45, 7) is 4.64. The molecule has 2 rings (SSSR count). The minimum atomic E-state index is -3.84. The third-order valence-corrected chi connectivity index (χ3v) is 9.16. The van der Waals surface area contributed by atoms with Crippen LogP contribution in [0.25, 0.3) is 11.2 Å². The fraction of sp³-hybridized carbons (Fsp3) is 0.783. The van der Waals surface area contributed by atoms with Crippen LogP contribution < -0.4 is 5.73 Å². The number of anilines is 1. The minimum Gasteiger partial charge on any atom is -0.382 e. The van der Waals surface area contributed by atoms with Crippen LogP contribution in [-0.4, -0.2) is 55.0 Å². The summed E-state index contributed by atoms with van der Waals surface area (Å²) in [4.78, 5) is 22.4. The molecule has 0 aliphatic carbocycles. The second-order valence-electron chi connectivity index (χ2n) is 8.94. The normalized spacial score (nSPS) is 15.3. The zero-order valence-electron chi connectivity index (χ0n) is 21.1. The van der Waals surface area contributed by atoms with Crippen LogP contribution in [-0.2, 0) is 41.0 Å². The highest BCUT2D eigenvalue weighted by Crippen LogP contribution is 2.41. The van der Waals surface area contributed by atoms with Gasteiger partial charge >= 0.3 is 7.60 Å². The van der Waals surface area contributed by atoms with E-state index in [9.17, 15) is 9.46 Å². The molecule has 0 bridgehead atoms. The number of aromatic nitrogens is 4. The van der Waals surface area contributed by atoms with Gasteiger partial charge in [0.2, 0.25) is 0 Å². The van der Waals surface area contributed by atoms with Crippen molar-refractivity contribution in [1.82, 2.24) is 19.5 Å². The smallest absolute Gasteiger partial charge is 0.353 e. The van der Waals surface area contributed by atoms with Crippen molar-refractivity contribution in [3.63, 3.8) is 0 Å². The Labute approximate surface area is 216 Å². The zero-order valence-corrected chi connectivity index (χ0v) is 23.7. The molecule has 0 fully saturated rings. The molecule has 3 N–H and O–H groups in total. The lowest BCUT2D eigenvalue weighted by atomic mass is 10.1. The van der Waals surface area contributed by atoms with Crippen LogP contribution in [0.15, 0.2) is 12.7 Å². The summed E-state index contributed by atoms with van der Waals surface area (Å²) in [7, 11) is -4.05. The number of nitrogen functional groups attached to an aromatic ring is 1. The number of ether oxygens (including phenoxy) is 1.